The third-order valence-electron chi connectivity index (χ3n) is 4.47. The first kappa shape index (κ1) is 18.0. The van der Waals surface area contributed by atoms with E-state index < -0.39 is 0 Å². The van der Waals surface area contributed by atoms with Crippen LogP contribution in [0.25, 0.3) is 11.0 Å². The van der Waals surface area contributed by atoms with E-state index in [9.17, 15) is 9.59 Å². The number of likely N-dealkylation sites (tertiary alicyclic amines) is 1. The summed E-state index contributed by atoms with van der Waals surface area (Å²) in [5.41, 5.74) is 2.52. The van der Waals surface area contributed by atoms with Gasteiger partial charge in [0.1, 0.15) is 5.69 Å². The number of ether oxygens (including phenoxy) is 1. The highest BCUT2D eigenvalue weighted by Crippen LogP contribution is 2.19. The van der Waals surface area contributed by atoms with Crippen molar-refractivity contribution in [3.05, 3.63) is 29.5 Å². The van der Waals surface area contributed by atoms with Crippen LogP contribution in [-0.2, 0) is 11.3 Å². The van der Waals surface area contributed by atoms with Crippen molar-refractivity contribution < 1.29 is 18.8 Å². The van der Waals surface area contributed by atoms with Crippen molar-refractivity contribution in [1.29, 1.82) is 0 Å². The van der Waals surface area contributed by atoms with Gasteiger partial charge in [-0.05, 0) is 38.8 Å². The molecule has 0 unspecified atom stereocenters. The number of nitrogens with zero attached hydrogens (tertiary/aromatic N) is 2. The van der Waals surface area contributed by atoms with E-state index in [1.807, 2.05) is 25.1 Å². The second-order valence-corrected chi connectivity index (χ2v) is 6.42. The number of nitrogens with one attached hydrogen (secondary N) is 2. The molecular formula is C18H24N4O4. The second kappa shape index (κ2) is 8.07. The van der Waals surface area contributed by atoms with Gasteiger partial charge in [-0.2, -0.15) is 0 Å². The van der Waals surface area contributed by atoms with Crippen LogP contribution in [0.4, 0.5) is 9.59 Å². The maximum absolute atomic E-state index is 12.1. The number of fused-ring (bicyclic) bond motifs is 1. The Hall–Kier alpha value is -2.77. The van der Waals surface area contributed by atoms with Gasteiger partial charge in [-0.3, -0.25) is 0 Å². The van der Waals surface area contributed by atoms with Gasteiger partial charge >= 0.3 is 12.1 Å². The van der Waals surface area contributed by atoms with Crippen LogP contribution in [0.2, 0.25) is 0 Å². The third kappa shape index (κ3) is 4.25. The van der Waals surface area contributed by atoms with Crippen molar-refractivity contribution in [2.45, 2.75) is 39.3 Å². The van der Waals surface area contributed by atoms with Crippen LogP contribution in [0, 0.1) is 6.92 Å². The lowest BCUT2D eigenvalue weighted by Gasteiger charge is -2.31. The summed E-state index contributed by atoms with van der Waals surface area (Å²) in [5.74, 6) is 0. The SMILES string of the molecule is CCOC(=O)N1CCC(NC(=O)NCc2noc3ccc(C)cc23)CC1. The smallest absolute Gasteiger partial charge is 0.409 e. The molecule has 1 aromatic carbocycles. The Morgan fingerprint density at radius 1 is 1.35 bits per heavy atom. The fourth-order valence-corrected chi connectivity index (χ4v) is 3.05. The molecule has 8 heteroatoms. The molecule has 2 N–H and O–H groups in total. The first-order valence-corrected chi connectivity index (χ1v) is 8.87. The highest BCUT2D eigenvalue weighted by Gasteiger charge is 2.24. The fraction of sp³-hybridized carbons (Fsp3) is 0.500. The minimum atomic E-state index is -0.288. The number of carbonyl (C=O) groups is 2. The highest BCUT2D eigenvalue weighted by molar-refractivity contribution is 5.81. The summed E-state index contributed by atoms with van der Waals surface area (Å²) in [6, 6.07) is 5.62. The molecule has 8 nitrogen and oxygen atoms in total. The van der Waals surface area contributed by atoms with Gasteiger partial charge in [-0.15, -0.1) is 0 Å². The predicted molar refractivity (Wildman–Crippen MR) is 95.7 cm³/mol. The average Bonchev–Trinajstić information content (AvgIpc) is 3.03. The van der Waals surface area contributed by atoms with Crippen LogP contribution < -0.4 is 10.6 Å². The molecule has 2 heterocycles. The van der Waals surface area contributed by atoms with Gasteiger partial charge in [0.2, 0.25) is 0 Å². The van der Waals surface area contributed by atoms with Crippen molar-refractivity contribution in [2.75, 3.05) is 19.7 Å². The highest BCUT2D eigenvalue weighted by atomic mass is 16.6. The van der Waals surface area contributed by atoms with E-state index in [0.29, 0.717) is 50.4 Å². The molecule has 3 amide bonds. The van der Waals surface area contributed by atoms with E-state index in [-0.39, 0.29) is 18.2 Å². The van der Waals surface area contributed by atoms with Gasteiger partial charge in [0, 0.05) is 24.5 Å². The molecule has 0 atom stereocenters. The number of hydrogen-bond donors (Lipinski definition) is 2. The number of carbonyl (C=O) groups excluding carboxylic acids is 2. The molecule has 2 aromatic rings. The predicted octanol–water partition coefficient (Wildman–Crippen LogP) is 2.56. The van der Waals surface area contributed by atoms with Crippen molar-refractivity contribution in [1.82, 2.24) is 20.7 Å². The first-order chi connectivity index (χ1) is 12.6. The third-order valence-corrected chi connectivity index (χ3v) is 4.47. The Morgan fingerprint density at radius 2 is 2.12 bits per heavy atom. The Morgan fingerprint density at radius 3 is 2.85 bits per heavy atom. The van der Waals surface area contributed by atoms with E-state index in [4.69, 9.17) is 9.26 Å². The van der Waals surface area contributed by atoms with Gasteiger partial charge in [0.25, 0.3) is 0 Å². The van der Waals surface area contributed by atoms with Crippen molar-refractivity contribution in [3.63, 3.8) is 0 Å². The maximum Gasteiger partial charge on any atom is 0.409 e. The molecule has 0 bridgehead atoms. The largest absolute Gasteiger partial charge is 0.450 e. The molecule has 1 aromatic heterocycles. The fourth-order valence-electron chi connectivity index (χ4n) is 3.05. The molecule has 0 radical (unpaired) electrons. The summed E-state index contributed by atoms with van der Waals surface area (Å²) in [7, 11) is 0. The number of benzene rings is 1. The Balaban J connectivity index is 1.46. The van der Waals surface area contributed by atoms with Gasteiger partial charge < -0.3 is 24.8 Å². The molecule has 140 valence electrons. The summed E-state index contributed by atoms with van der Waals surface area (Å²) in [6.07, 6.45) is 1.13. The van der Waals surface area contributed by atoms with E-state index in [2.05, 4.69) is 15.8 Å². The lowest BCUT2D eigenvalue weighted by molar-refractivity contribution is 0.0957. The van der Waals surface area contributed by atoms with Gasteiger partial charge in [0.15, 0.2) is 5.58 Å². The number of urea groups is 1. The number of aromatic nitrogens is 1. The van der Waals surface area contributed by atoms with Crippen LogP contribution in [0.3, 0.4) is 0 Å². The number of amides is 3. The molecular weight excluding hydrogens is 336 g/mol. The maximum atomic E-state index is 12.1. The van der Waals surface area contributed by atoms with Crippen molar-refractivity contribution in [3.8, 4) is 0 Å². The quantitative estimate of drug-likeness (QED) is 0.873. The van der Waals surface area contributed by atoms with Crippen LogP contribution in [0.1, 0.15) is 31.0 Å². The molecule has 1 aliphatic rings. The summed E-state index contributed by atoms with van der Waals surface area (Å²) in [4.78, 5) is 25.5. The minimum absolute atomic E-state index is 0.0389. The van der Waals surface area contributed by atoms with Crippen LogP contribution >= 0.6 is 0 Å². The van der Waals surface area contributed by atoms with Gasteiger partial charge in [0.05, 0.1) is 13.2 Å². The lowest BCUT2D eigenvalue weighted by Crippen LogP contribution is -2.49. The molecule has 0 saturated carbocycles. The zero-order chi connectivity index (χ0) is 18.5. The van der Waals surface area contributed by atoms with E-state index >= 15 is 0 Å². The molecule has 0 aliphatic carbocycles. The van der Waals surface area contributed by atoms with E-state index in [0.717, 1.165) is 10.9 Å². The zero-order valence-electron chi connectivity index (χ0n) is 15.1. The van der Waals surface area contributed by atoms with Crippen molar-refractivity contribution in [2.24, 2.45) is 0 Å². The zero-order valence-corrected chi connectivity index (χ0v) is 15.1. The van der Waals surface area contributed by atoms with E-state index in [1.165, 1.54) is 0 Å². The molecule has 0 spiro atoms. The van der Waals surface area contributed by atoms with Crippen LogP contribution in [0.15, 0.2) is 22.7 Å². The second-order valence-electron chi connectivity index (χ2n) is 6.42. The topological polar surface area (TPSA) is 96.7 Å². The molecule has 3 rings (SSSR count). The standard InChI is InChI=1S/C18H24N4O4/c1-3-25-18(24)22-8-6-13(7-9-22)20-17(23)19-11-15-14-10-12(2)4-5-16(14)26-21-15/h4-5,10,13H,3,6-9,11H2,1-2H3,(H2,19,20,23). The van der Waals surface area contributed by atoms with E-state index in [1.54, 1.807) is 11.8 Å². The van der Waals surface area contributed by atoms with Crippen molar-refractivity contribution >= 4 is 23.1 Å². The number of aryl methyl sites for hydroxylation is 1. The molecule has 1 aliphatic heterocycles. The Kier molecular flexibility index (Phi) is 5.60. The van der Waals surface area contributed by atoms with Gasteiger partial charge in [-0.1, -0.05) is 16.8 Å². The Labute approximate surface area is 151 Å². The normalized spacial score (nSPS) is 15.1. The number of hydrogen-bond acceptors (Lipinski definition) is 5. The van der Waals surface area contributed by atoms with Gasteiger partial charge in [-0.25, -0.2) is 9.59 Å². The molecule has 26 heavy (non-hydrogen) atoms. The van der Waals surface area contributed by atoms with Crippen LogP contribution in [-0.4, -0.2) is 47.9 Å². The van der Waals surface area contributed by atoms with Crippen LogP contribution in [0.5, 0.6) is 0 Å². The average molecular weight is 360 g/mol. The monoisotopic (exact) mass is 360 g/mol. The first-order valence-electron chi connectivity index (χ1n) is 8.87. The summed E-state index contributed by atoms with van der Waals surface area (Å²) >= 11 is 0. The summed E-state index contributed by atoms with van der Waals surface area (Å²) in [6.45, 7) is 5.61. The summed E-state index contributed by atoms with van der Waals surface area (Å²) in [5, 5.41) is 10.7. The lowest BCUT2D eigenvalue weighted by atomic mass is 10.1. The molecule has 1 saturated heterocycles. The number of rotatable bonds is 4. The Bertz CT molecular complexity index is 781. The number of piperidine rings is 1. The summed E-state index contributed by atoms with van der Waals surface area (Å²) < 4.78 is 10.3. The molecule has 1 fully saturated rings. The minimum Gasteiger partial charge on any atom is -0.450 e.